The Bertz CT molecular complexity index is 450. The van der Waals surface area contributed by atoms with Gasteiger partial charge in [-0.1, -0.05) is 0 Å². The van der Waals surface area contributed by atoms with Crippen molar-refractivity contribution in [3.63, 3.8) is 0 Å². The molecule has 2 N–H and O–H groups in total. The summed E-state index contributed by atoms with van der Waals surface area (Å²) in [5.41, 5.74) is 10.3. The van der Waals surface area contributed by atoms with Gasteiger partial charge in [0.25, 0.3) is 0 Å². The number of hydrogen-bond acceptors (Lipinski definition) is 5. The third kappa shape index (κ3) is 2.03. The van der Waals surface area contributed by atoms with Gasteiger partial charge < -0.3 is 5.73 Å². The molecule has 0 fully saturated rings. The van der Waals surface area contributed by atoms with Crippen LogP contribution in [0.5, 0.6) is 0 Å². The van der Waals surface area contributed by atoms with E-state index in [0.717, 1.165) is 17.0 Å². The van der Waals surface area contributed by atoms with Crippen molar-refractivity contribution in [3.05, 3.63) is 28.3 Å². The van der Waals surface area contributed by atoms with E-state index in [1.807, 2.05) is 19.2 Å². The van der Waals surface area contributed by atoms with Crippen molar-refractivity contribution in [2.24, 2.45) is 5.73 Å². The van der Waals surface area contributed by atoms with Gasteiger partial charge in [-0.05, 0) is 13.8 Å². The maximum atomic E-state index is 5.79. The van der Waals surface area contributed by atoms with Gasteiger partial charge in [-0.2, -0.15) is 0 Å². The first-order valence-electron chi connectivity index (χ1n) is 4.66. The Labute approximate surface area is 92.2 Å². The summed E-state index contributed by atoms with van der Waals surface area (Å²) in [6, 6.07) is -0.0329. The lowest BCUT2D eigenvalue weighted by Crippen LogP contribution is -2.09. The van der Waals surface area contributed by atoms with E-state index < -0.39 is 0 Å². The second-order valence-corrected chi connectivity index (χ2v) is 4.12. The van der Waals surface area contributed by atoms with Crippen LogP contribution in [0, 0.1) is 6.92 Å². The van der Waals surface area contributed by atoms with Crippen molar-refractivity contribution in [1.82, 2.24) is 15.0 Å². The van der Waals surface area contributed by atoms with E-state index in [0.29, 0.717) is 5.82 Å². The van der Waals surface area contributed by atoms with Crippen LogP contribution in [0.4, 0.5) is 0 Å². The van der Waals surface area contributed by atoms with Crippen LogP contribution in [0.3, 0.4) is 0 Å². The lowest BCUT2D eigenvalue weighted by molar-refractivity contribution is 0.790. The maximum absolute atomic E-state index is 5.79. The second-order valence-electron chi connectivity index (χ2n) is 3.40. The van der Waals surface area contributed by atoms with Crippen molar-refractivity contribution < 1.29 is 0 Å². The SMILES string of the molecule is Cc1nc(-c2cscn2)ncc1[C@@H](C)N. The van der Waals surface area contributed by atoms with E-state index in [9.17, 15) is 0 Å². The molecule has 78 valence electrons. The largest absolute Gasteiger partial charge is 0.324 e. The van der Waals surface area contributed by atoms with Crippen molar-refractivity contribution in [2.45, 2.75) is 19.9 Å². The van der Waals surface area contributed by atoms with Gasteiger partial charge in [-0.3, -0.25) is 0 Å². The van der Waals surface area contributed by atoms with Crippen molar-refractivity contribution in [2.75, 3.05) is 0 Å². The number of nitrogens with two attached hydrogens (primary N) is 1. The Kier molecular flexibility index (Phi) is 2.75. The molecule has 0 aliphatic rings. The zero-order valence-corrected chi connectivity index (χ0v) is 9.45. The zero-order chi connectivity index (χ0) is 10.8. The van der Waals surface area contributed by atoms with Gasteiger partial charge in [0.1, 0.15) is 5.69 Å². The number of hydrogen-bond donors (Lipinski definition) is 1. The molecule has 0 aliphatic heterocycles. The van der Waals surface area contributed by atoms with E-state index in [-0.39, 0.29) is 6.04 Å². The van der Waals surface area contributed by atoms with Gasteiger partial charge in [0.05, 0.1) is 5.51 Å². The average Bonchev–Trinajstić information content (AvgIpc) is 2.69. The standard InChI is InChI=1S/C10H12N4S/c1-6(11)8-3-12-10(14-7(8)2)9-4-15-5-13-9/h3-6H,11H2,1-2H3/t6-/m1/s1. The van der Waals surface area contributed by atoms with Crippen LogP contribution in [0.15, 0.2) is 17.1 Å². The molecule has 0 unspecified atom stereocenters. The lowest BCUT2D eigenvalue weighted by atomic mass is 10.1. The van der Waals surface area contributed by atoms with Crippen LogP contribution in [0.25, 0.3) is 11.5 Å². The van der Waals surface area contributed by atoms with E-state index in [4.69, 9.17) is 5.73 Å². The van der Waals surface area contributed by atoms with Crippen LogP contribution in [0.1, 0.15) is 24.2 Å². The lowest BCUT2D eigenvalue weighted by Gasteiger charge is -2.08. The summed E-state index contributed by atoms with van der Waals surface area (Å²) >= 11 is 1.53. The smallest absolute Gasteiger partial charge is 0.179 e. The number of rotatable bonds is 2. The summed E-state index contributed by atoms with van der Waals surface area (Å²) in [6.07, 6.45) is 1.78. The topological polar surface area (TPSA) is 64.7 Å². The Morgan fingerprint density at radius 2 is 2.20 bits per heavy atom. The minimum absolute atomic E-state index is 0.0329. The molecular formula is C10H12N4S. The Morgan fingerprint density at radius 1 is 1.40 bits per heavy atom. The van der Waals surface area contributed by atoms with Gasteiger partial charge in [-0.15, -0.1) is 11.3 Å². The molecule has 2 aromatic rings. The van der Waals surface area contributed by atoms with Gasteiger partial charge in [-0.25, -0.2) is 15.0 Å². The van der Waals surface area contributed by atoms with Crippen molar-refractivity contribution in [3.8, 4) is 11.5 Å². The summed E-state index contributed by atoms with van der Waals surface area (Å²) < 4.78 is 0. The number of aromatic nitrogens is 3. The molecule has 2 aromatic heterocycles. The molecule has 2 heterocycles. The predicted molar refractivity (Wildman–Crippen MR) is 60.5 cm³/mol. The van der Waals surface area contributed by atoms with Crippen LogP contribution in [-0.2, 0) is 0 Å². The first-order valence-corrected chi connectivity index (χ1v) is 5.60. The first kappa shape index (κ1) is 10.2. The van der Waals surface area contributed by atoms with Gasteiger partial charge in [0, 0.05) is 28.9 Å². The summed E-state index contributed by atoms with van der Waals surface area (Å²) in [5.74, 6) is 0.665. The van der Waals surface area contributed by atoms with Crippen LogP contribution < -0.4 is 5.73 Å². The molecule has 0 radical (unpaired) electrons. The maximum Gasteiger partial charge on any atom is 0.179 e. The Balaban J connectivity index is 2.42. The van der Waals surface area contributed by atoms with Crippen LogP contribution in [-0.4, -0.2) is 15.0 Å². The number of nitrogens with zero attached hydrogens (tertiary/aromatic N) is 3. The molecular weight excluding hydrogens is 208 g/mol. The van der Waals surface area contributed by atoms with Crippen molar-refractivity contribution in [1.29, 1.82) is 0 Å². The molecule has 2 rings (SSSR count). The molecule has 1 atom stereocenters. The van der Waals surface area contributed by atoms with E-state index in [1.54, 1.807) is 11.7 Å². The molecule has 0 saturated heterocycles. The minimum Gasteiger partial charge on any atom is -0.324 e. The third-order valence-electron chi connectivity index (χ3n) is 2.17. The highest BCUT2D eigenvalue weighted by molar-refractivity contribution is 7.07. The molecule has 0 saturated carbocycles. The van der Waals surface area contributed by atoms with Crippen LogP contribution >= 0.6 is 11.3 Å². The summed E-state index contributed by atoms with van der Waals surface area (Å²) in [7, 11) is 0. The van der Waals surface area contributed by atoms with E-state index >= 15 is 0 Å². The molecule has 0 bridgehead atoms. The number of aryl methyl sites for hydroxylation is 1. The molecule has 4 nitrogen and oxygen atoms in total. The van der Waals surface area contributed by atoms with Gasteiger partial charge >= 0.3 is 0 Å². The second kappa shape index (κ2) is 4.04. The monoisotopic (exact) mass is 220 g/mol. The molecule has 0 spiro atoms. The highest BCUT2D eigenvalue weighted by Gasteiger charge is 2.09. The minimum atomic E-state index is -0.0329. The number of thiazole rings is 1. The first-order chi connectivity index (χ1) is 7.18. The van der Waals surface area contributed by atoms with Gasteiger partial charge in [0.2, 0.25) is 0 Å². The van der Waals surface area contributed by atoms with Crippen molar-refractivity contribution >= 4 is 11.3 Å². The molecule has 0 aromatic carbocycles. The molecule has 0 aliphatic carbocycles. The normalized spacial score (nSPS) is 12.7. The summed E-state index contributed by atoms with van der Waals surface area (Å²) in [6.45, 7) is 3.87. The fraction of sp³-hybridized carbons (Fsp3) is 0.300. The highest BCUT2D eigenvalue weighted by atomic mass is 32.1. The van der Waals surface area contributed by atoms with E-state index in [2.05, 4.69) is 15.0 Å². The average molecular weight is 220 g/mol. The molecule has 15 heavy (non-hydrogen) atoms. The summed E-state index contributed by atoms with van der Waals surface area (Å²) in [4.78, 5) is 12.8. The zero-order valence-electron chi connectivity index (χ0n) is 8.64. The molecule has 5 heteroatoms. The quantitative estimate of drug-likeness (QED) is 0.839. The Morgan fingerprint density at radius 3 is 2.73 bits per heavy atom. The Hall–Kier alpha value is -1.33. The van der Waals surface area contributed by atoms with Crippen LogP contribution in [0.2, 0.25) is 0 Å². The van der Waals surface area contributed by atoms with Gasteiger partial charge in [0.15, 0.2) is 5.82 Å². The highest BCUT2D eigenvalue weighted by Crippen LogP contribution is 2.18. The third-order valence-corrected chi connectivity index (χ3v) is 2.76. The summed E-state index contributed by atoms with van der Waals surface area (Å²) in [5, 5.41) is 1.93. The predicted octanol–water partition coefficient (Wildman–Crippen LogP) is 1.93. The molecule has 0 amide bonds. The van der Waals surface area contributed by atoms with E-state index in [1.165, 1.54) is 11.3 Å². The fourth-order valence-corrected chi connectivity index (χ4v) is 1.90. The fourth-order valence-electron chi connectivity index (χ4n) is 1.37.